The second-order valence-corrected chi connectivity index (χ2v) is 7.06. The van der Waals surface area contributed by atoms with Crippen molar-refractivity contribution in [2.24, 2.45) is 5.92 Å². The van der Waals surface area contributed by atoms with Crippen molar-refractivity contribution in [3.63, 3.8) is 0 Å². The quantitative estimate of drug-likeness (QED) is 0.719. The number of nitrogens with one attached hydrogen (secondary N) is 1. The van der Waals surface area contributed by atoms with Crippen LogP contribution in [0.15, 0.2) is 54.6 Å². The molecule has 1 N–H and O–H groups in total. The summed E-state index contributed by atoms with van der Waals surface area (Å²) in [6.45, 7) is 3.54. The van der Waals surface area contributed by atoms with Crippen LogP contribution in [0.4, 0.5) is 0 Å². The summed E-state index contributed by atoms with van der Waals surface area (Å²) in [5.41, 5.74) is 1.58. The van der Waals surface area contributed by atoms with Crippen molar-refractivity contribution in [3.05, 3.63) is 65.7 Å². The molecule has 0 saturated heterocycles. The van der Waals surface area contributed by atoms with Crippen molar-refractivity contribution < 1.29 is 19.1 Å². The highest BCUT2D eigenvalue weighted by Gasteiger charge is 2.33. The Balaban J connectivity index is 1.52. The van der Waals surface area contributed by atoms with E-state index in [2.05, 4.69) is 5.32 Å². The van der Waals surface area contributed by atoms with Crippen LogP contribution < -0.4 is 10.1 Å². The second-order valence-electron chi connectivity index (χ2n) is 7.06. The molecule has 27 heavy (non-hydrogen) atoms. The van der Waals surface area contributed by atoms with Gasteiger partial charge in [-0.2, -0.15) is 0 Å². The number of carbonyl (C=O) groups is 2. The minimum Gasteiger partial charge on any atom is -0.484 e. The van der Waals surface area contributed by atoms with Gasteiger partial charge in [-0.3, -0.25) is 4.79 Å². The lowest BCUT2D eigenvalue weighted by molar-refractivity contribution is -0.124. The molecule has 0 spiro atoms. The minimum atomic E-state index is -0.371. The highest BCUT2D eigenvalue weighted by Crippen LogP contribution is 2.40. The van der Waals surface area contributed by atoms with Crippen LogP contribution in [0.5, 0.6) is 5.75 Å². The monoisotopic (exact) mass is 367 g/mol. The van der Waals surface area contributed by atoms with Crippen molar-refractivity contribution in [3.8, 4) is 5.75 Å². The predicted octanol–water partition coefficient (Wildman–Crippen LogP) is 3.90. The number of ether oxygens (including phenoxy) is 2. The molecule has 2 aromatic rings. The lowest BCUT2D eigenvalue weighted by atomic mass is 10.0. The van der Waals surface area contributed by atoms with Crippen LogP contribution in [0.3, 0.4) is 0 Å². The fourth-order valence-electron chi connectivity index (χ4n) is 2.90. The molecule has 142 valence electrons. The van der Waals surface area contributed by atoms with Crippen molar-refractivity contribution >= 4 is 11.9 Å². The van der Waals surface area contributed by atoms with Gasteiger partial charge in [0.05, 0.1) is 17.7 Å². The third-order valence-electron chi connectivity index (χ3n) is 4.37. The summed E-state index contributed by atoms with van der Waals surface area (Å²) in [5.74, 6) is 0.514. The first kappa shape index (κ1) is 19.0. The Morgan fingerprint density at radius 3 is 2.30 bits per heavy atom. The van der Waals surface area contributed by atoms with Gasteiger partial charge in [0, 0.05) is 0 Å². The molecule has 1 fully saturated rings. The number of esters is 1. The van der Waals surface area contributed by atoms with E-state index in [1.54, 1.807) is 38.1 Å². The molecule has 0 bridgehead atoms. The van der Waals surface area contributed by atoms with Crippen LogP contribution in [0.1, 0.15) is 48.7 Å². The third-order valence-corrected chi connectivity index (χ3v) is 4.37. The highest BCUT2D eigenvalue weighted by atomic mass is 16.5. The maximum atomic E-state index is 12.3. The Bertz CT molecular complexity index is 767. The largest absolute Gasteiger partial charge is 0.484 e. The molecule has 1 aliphatic rings. The van der Waals surface area contributed by atoms with E-state index in [4.69, 9.17) is 9.47 Å². The summed E-state index contributed by atoms with van der Waals surface area (Å²) in [6.07, 6.45) is 2.10. The van der Waals surface area contributed by atoms with E-state index in [-0.39, 0.29) is 30.6 Å². The van der Waals surface area contributed by atoms with Crippen molar-refractivity contribution in [2.45, 2.75) is 38.8 Å². The number of hydrogen-bond acceptors (Lipinski definition) is 4. The standard InChI is InChI=1S/C22H25NO4/c1-15(2)27-22(25)18-10-12-19(13-11-18)26-14-20(24)23-21(17-8-9-17)16-6-4-3-5-7-16/h3-7,10-13,15,17,21H,8-9,14H2,1-2H3,(H,23,24). The molecular weight excluding hydrogens is 342 g/mol. The average Bonchev–Trinajstić information content (AvgIpc) is 3.50. The van der Waals surface area contributed by atoms with E-state index in [1.165, 1.54) is 0 Å². The Hall–Kier alpha value is -2.82. The SMILES string of the molecule is CC(C)OC(=O)c1ccc(OCC(=O)NC(c2ccccc2)C2CC2)cc1. The topological polar surface area (TPSA) is 64.6 Å². The first-order valence-corrected chi connectivity index (χ1v) is 9.31. The van der Waals surface area contributed by atoms with Crippen molar-refractivity contribution in [1.82, 2.24) is 5.32 Å². The van der Waals surface area contributed by atoms with Crippen LogP contribution in [-0.4, -0.2) is 24.6 Å². The Morgan fingerprint density at radius 2 is 1.70 bits per heavy atom. The summed E-state index contributed by atoms with van der Waals surface area (Å²) < 4.78 is 10.7. The predicted molar refractivity (Wildman–Crippen MR) is 103 cm³/mol. The fraction of sp³-hybridized carbons (Fsp3) is 0.364. The molecule has 5 nitrogen and oxygen atoms in total. The fourth-order valence-corrected chi connectivity index (χ4v) is 2.90. The number of benzene rings is 2. The molecule has 5 heteroatoms. The zero-order valence-corrected chi connectivity index (χ0v) is 15.7. The van der Waals surface area contributed by atoms with Gasteiger partial charge in [-0.05, 0) is 62.4 Å². The summed E-state index contributed by atoms with van der Waals surface area (Å²) in [5, 5.41) is 3.08. The smallest absolute Gasteiger partial charge is 0.338 e. The molecule has 0 aliphatic heterocycles. The van der Waals surface area contributed by atoms with Gasteiger partial charge in [0.15, 0.2) is 6.61 Å². The zero-order chi connectivity index (χ0) is 19.2. The first-order valence-electron chi connectivity index (χ1n) is 9.31. The van der Waals surface area contributed by atoms with Gasteiger partial charge in [-0.15, -0.1) is 0 Å². The number of amides is 1. The molecule has 0 radical (unpaired) electrons. The summed E-state index contributed by atoms with van der Waals surface area (Å²) >= 11 is 0. The van der Waals surface area contributed by atoms with E-state index in [9.17, 15) is 9.59 Å². The van der Waals surface area contributed by atoms with Gasteiger partial charge < -0.3 is 14.8 Å². The lowest BCUT2D eigenvalue weighted by Crippen LogP contribution is -2.33. The number of hydrogen-bond donors (Lipinski definition) is 1. The van der Waals surface area contributed by atoms with Crippen molar-refractivity contribution in [2.75, 3.05) is 6.61 Å². The van der Waals surface area contributed by atoms with Crippen LogP contribution in [0, 0.1) is 5.92 Å². The molecule has 1 aliphatic carbocycles. The van der Waals surface area contributed by atoms with Crippen LogP contribution in [0.25, 0.3) is 0 Å². The molecule has 1 saturated carbocycles. The van der Waals surface area contributed by atoms with E-state index in [1.807, 2.05) is 30.3 Å². The minimum absolute atomic E-state index is 0.0375. The van der Waals surface area contributed by atoms with Gasteiger partial charge in [0.25, 0.3) is 5.91 Å². The molecule has 0 heterocycles. The number of rotatable bonds is 8. The molecule has 0 aromatic heterocycles. The van der Waals surface area contributed by atoms with E-state index >= 15 is 0 Å². The van der Waals surface area contributed by atoms with Gasteiger partial charge >= 0.3 is 5.97 Å². The van der Waals surface area contributed by atoms with Crippen molar-refractivity contribution in [1.29, 1.82) is 0 Å². The zero-order valence-electron chi connectivity index (χ0n) is 15.7. The van der Waals surface area contributed by atoms with Crippen LogP contribution >= 0.6 is 0 Å². The Kier molecular flexibility index (Phi) is 6.12. The van der Waals surface area contributed by atoms with Crippen LogP contribution in [-0.2, 0) is 9.53 Å². The maximum absolute atomic E-state index is 12.3. The number of carbonyl (C=O) groups excluding carboxylic acids is 2. The maximum Gasteiger partial charge on any atom is 0.338 e. The third kappa shape index (κ3) is 5.58. The van der Waals surface area contributed by atoms with E-state index < -0.39 is 0 Å². The molecule has 1 unspecified atom stereocenters. The molecule has 1 atom stereocenters. The first-order chi connectivity index (χ1) is 13.0. The molecular formula is C22H25NO4. The average molecular weight is 367 g/mol. The highest BCUT2D eigenvalue weighted by molar-refractivity contribution is 5.89. The second kappa shape index (κ2) is 8.71. The van der Waals surface area contributed by atoms with E-state index in [0.29, 0.717) is 17.2 Å². The Labute approximate surface area is 159 Å². The Morgan fingerprint density at radius 1 is 1.04 bits per heavy atom. The summed E-state index contributed by atoms with van der Waals surface area (Å²) in [4.78, 5) is 24.1. The van der Waals surface area contributed by atoms with Gasteiger partial charge in [0.2, 0.25) is 0 Å². The van der Waals surface area contributed by atoms with Crippen LogP contribution in [0.2, 0.25) is 0 Å². The molecule has 3 rings (SSSR count). The lowest BCUT2D eigenvalue weighted by Gasteiger charge is -2.19. The van der Waals surface area contributed by atoms with E-state index in [0.717, 1.165) is 18.4 Å². The summed E-state index contributed by atoms with van der Waals surface area (Å²) in [7, 11) is 0. The normalized spacial score (nSPS) is 14.5. The van der Waals surface area contributed by atoms with Gasteiger partial charge in [0.1, 0.15) is 5.75 Å². The summed E-state index contributed by atoms with van der Waals surface area (Å²) in [6, 6.07) is 16.7. The molecule has 2 aromatic carbocycles. The van der Waals surface area contributed by atoms with Gasteiger partial charge in [-0.1, -0.05) is 30.3 Å². The van der Waals surface area contributed by atoms with Gasteiger partial charge in [-0.25, -0.2) is 4.79 Å². The molecule has 1 amide bonds.